The Bertz CT molecular complexity index is 3270. The minimum Gasteiger partial charge on any atom is -0.309 e. The van der Waals surface area contributed by atoms with Crippen LogP contribution in [0.25, 0.3) is 94.7 Å². The Kier molecular flexibility index (Phi) is 8.61. The summed E-state index contributed by atoms with van der Waals surface area (Å²) in [5, 5.41) is 5.07. The van der Waals surface area contributed by atoms with Crippen molar-refractivity contribution in [2.24, 2.45) is 0 Å². The predicted molar refractivity (Wildman–Crippen MR) is 254 cm³/mol. The summed E-state index contributed by atoms with van der Waals surface area (Å²) in [7, 11) is 0. The Morgan fingerprint density at radius 2 is 0.934 bits per heavy atom. The highest BCUT2D eigenvalue weighted by Crippen LogP contribution is 2.49. The number of aromatic nitrogens is 4. The highest BCUT2D eigenvalue weighted by atomic mass is 15.0. The topological polar surface area (TPSA) is 43.6 Å². The molecular formula is C57H46N4. The fourth-order valence-electron chi connectivity index (χ4n) is 9.61. The van der Waals surface area contributed by atoms with E-state index >= 15 is 0 Å². The van der Waals surface area contributed by atoms with Gasteiger partial charge in [-0.3, -0.25) is 0 Å². The highest BCUT2D eigenvalue weighted by molar-refractivity contribution is 6.19. The summed E-state index contributed by atoms with van der Waals surface area (Å²) in [6.07, 6.45) is 2.35. The SMILES string of the molecule is CC1(C)CCC(C)(C)c2cc3c(cc21)c1ccc2ccccc2c1n3-c1ccc(-c2nc(-c3ccccc3)nc(-c3ccc(-c4ccccc4)cc3-c3ccccc3)n2)cc1. The van der Waals surface area contributed by atoms with E-state index in [0.717, 1.165) is 44.6 Å². The van der Waals surface area contributed by atoms with Crippen molar-refractivity contribution in [3.63, 3.8) is 0 Å². The fraction of sp³-hybridized carbons (Fsp3) is 0.140. The zero-order valence-corrected chi connectivity index (χ0v) is 35.0. The quantitative estimate of drug-likeness (QED) is 0.169. The van der Waals surface area contributed by atoms with Crippen molar-refractivity contribution in [3.05, 3.63) is 193 Å². The standard InChI is InChI=1S/C57H46N4/c1-56(2)32-33-57(3,4)50-36-51-48(35-49(50)56)45-30-26-39-20-14-15-23-44(39)52(45)61(51)43-28-24-41(25-29-43)54-58-53(40-21-12-7-13-22-40)59-55(60-54)46-31-27-42(37-16-8-5-9-17-37)34-47(46)38-18-10-6-11-19-38/h5-31,34-36H,32-33H2,1-4H3. The van der Waals surface area contributed by atoms with Crippen molar-refractivity contribution in [3.8, 4) is 62.1 Å². The van der Waals surface area contributed by atoms with E-state index in [-0.39, 0.29) is 10.8 Å². The molecule has 0 bridgehead atoms. The van der Waals surface area contributed by atoms with Crippen molar-refractivity contribution in [1.29, 1.82) is 0 Å². The van der Waals surface area contributed by atoms with Crippen LogP contribution in [0.15, 0.2) is 182 Å². The number of hydrogen-bond donors (Lipinski definition) is 0. The van der Waals surface area contributed by atoms with Crippen LogP contribution in [0.4, 0.5) is 0 Å². The zero-order chi connectivity index (χ0) is 41.3. The Morgan fingerprint density at radius 1 is 0.393 bits per heavy atom. The first-order valence-electron chi connectivity index (χ1n) is 21.4. The van der Waals surface area contributed by atoms with E-state index in [9.17, 15) is 0 Å². The fourth-order valence-corrected chi connectivity index (χ4v) is 9.61. The van der Waals surface area contributed by atoms with Crippen LogP contribution in [0, 0.1) is 0 Å². The molecule has 4 heteroatoms. The smallest absolute Gasteiger partial charge is 0.164 e. The van der Waals surface area contributed by atoms with Crippen molar-refractivity contribution in [1.82, 2.24) is 19.5 Å². The molecule has 61 heavy (non-hydrogen) atoms. The second kappa shape index (κ2) is 14.2. The normalized spacial score (nSPS) is 14.4. The average Bonchev–Trinajstić information content (AvgIpc) is 3.65. The number of rotatable bonds is 6. The second-order valence-corrected chi connectivity index (χ2v) is 17.9. The summed E-state index contributed by atoms with van der Waals surface area (Å²) in [5.41, 5.74) is 14.0. The van der Waals surface area contributed by atoms with Gasteiger partial charge >= 0.3 is 0 Å². The number of nitrogens with zero attached hydrogens (tertiary/aromatic N) is 4. The van der Waals surface area contributed by atoms with E-state index in [2.05, 4.69) is 196 Å². The summed E-state index contributed by atoms with van der Waals surface area (Å²) < 4.78 is 2.49. The first kappa shape index (κ1) is 36.9. The van der Waals surface area contributed by atoms with Crippen molar-refractivity contribution >= 4 is 32.6 Å². The molecule has 8 aromatic carbocycles. The van der Waals surface area contributed by atoms with Gasteiger partial charge in [0, 0.05) is 38.5 Å². The average molecular weight is 787 g/mol. The summed E-state index contributed by atoms with van der Waals surface area (Å²) in [4.78, 5) is 15.6. The maximum atomic E-state index is 5.27. The minimum absolute atomic E-state index is 0.0847. The van der Waals surface area contributed by atoms with Crippen LogP contribution in [0.5, 0.6) is 0 Å². The Morgan fingerprint density at radius 3 is 1.61 bits per heavy atom. The van der Waals surface area contributed by atoms with Gasteiger partial charge in [-0.25, -0.2) is 15.0 Å². The first-order chi connectivity index (χ1) is 29.7. The van der Waals surface area contributed by atoms with Crippen LogP contribution in [-0.4, -0.2) is 19.5 Å². The maximum absolute atomic E-state index is 5.27. The molecule has 0 fully saturated rings. The molecule has 4 nitrogen and oxygen atoms in total. The van der Waals surface area contributed by atoms with E-state index < -0.39 is 0 Å². The number of hydrogen-bond acceptors (Lipinski definition) is 3. The van der Waals surface area contributed by atoms with Crippen molar-refractivity contribution in [2.45, 2.75) is 51.4 Å². The molecule has 0 saturated heterocycles. The minimum atomic E-state index is 0.0847. The van der Waals surface area contributed by atoms with Crippen LogP contribution in [-0.2, 0) is 10.8 Å². The predicted octanol–water partition coefficient (Wildman–Crippen LogP) is 14.8. The van der Waals surface area contributed by atoms with Crippen LogP contribution in [0.1, 0.15) is 51.7 Å². The van der Waals surface area contributed by atoms with Crippen LogP contribution in [0.3, 0.4) is 0 Å². The monoisotopic (exact) mass is 786 g/mol. The van der Waals surface area contributed by atoms with Gasteiger partial charge in [-0.05, 0) is 111 Å². The van der Waals surface area contributed by atoms with Crippen LogP contribution >= 0.6 is 0 Å². The third-order valence-corrected chi connectivity index (χ3v) is 13.1. The molecule has 0 spiro atoms. The Hall–Kier alpha value is -7.17. The van der Waals surface area contributed by atoms with Gasteiger partial charge < -0.3 is 4.57 Å². The molecule has 2 heterocycles. The number of fused-ring (bicyclic) bond motifs is 6. The largest absolute Gasteiger partial charge is 0.309 e. The molecule has 0 radical (unpaired) electrons. The number of benzene rings is 8. The van der Waals surface area contributed by atoms with Gasteiger partial charge in [0.2, 0.25) is 0 Å². The maximum Gasteiger partial charge on any atom is 0.164 e. The zero-order valence-electron chi connectivity index (χ0n) is 35.0. The van der Waals surface area contributed by atoms with E-state index in [1.807, 2.05) is 18.2 Å². The van der Waals surface area contributed by atoms with E-state index in [0.29, 0.717) is 17.5 Å². The van der Waals surface area contributed by atoms with Gasteiger partial charge in [0.05, 0.1) is 11.0 Å². The molecule has 0 unspecified atom stereocenters. The van der Waals surface area contributed by atoms with Crippen molar-refractivity contribution < 1.29 is 0 Å². The van der Waals surface area contributed by atoms with Crippen molar-refractivity contribution in [2.75, 3.05) is 0 Å². The molecule has 1 aliphatic carbocycles. The Balaban J connectivity index is 1.10. The third-order valence-electron chi connectivity index (χ3n) is 13.1. The molecule has 294 valence electrons. The molecule has 11 rings (SSSR count). The van der Waals surface area contributed by atoms with E-state index in [1.54, 1.807) is 0 Å². The molecule has 0 atom stereocenters. The molecule has 0 saturated carbocycles. The molecule has 0 amide bonds. The lowest BCUT2D eigenvalue weighted by Crippen LogP contribution is -2.33. The lowest BCUT2D eigenvalue weighted by molar-refractivity contribution is 0.332. The summed E-state index contributed by atoms with van der Waals surface area (Å²) in [6.45, 7) is 9.66. The summed E-state index contributed by atoms with van der Waals surface area (Å²) in [6, 6.07) is 65.1. The third kappa shape index (κ3) is 6.33. The van der Waals surface area contributed by atoms with Crippen LogP contribution in [0.2, 0.25) is 0 Å². The highest BCUT2D eigenvalue weighted by Gasteiger charge is 2.38. The first-order valence-corrected chi connectivity index (χ1v) is 21.4. The second-order valence-electron chi connectivity index (χ2n) is 17.9. The summed E-state index contributed by atoms with van der Waals surface area (Å²) in [5.74, 6) is 1.91. The van der Waals surface area contributed by atoms with E-state index in [1.165, 1.54) is 56.5 Å². The van der Waals surface area contributed by atoms with Gasteiger partial charge in [0.1, 0.15) is 0 Å². The van der Waals surface area contributed by atoms with Gasteiger partial charge in [-0.15, -0.1) is 0 Å². The lowest BCUT2D eigenvalue weighted by Gasteiger charge is -2.42. The summed E-state index contributed by atoms with van der Waals surface area (Å²) >= 11 is 0. The van der Waals surface area contributed by atoms with Gasteiger partial charge in [0.15, 0.2) is 17.5 Å². The van der Waals surface area contributed by atoms with Gasteiger partial charge in [-0.1, -0.05) is 161 Å². The Labute approximate surface area is 357 Å². The molecular weight excluding hydrogens is 741 g/mol. The lowest BCUT2D eigenvalue weighted by atomic mass is 9.63. The molecule has 0 aliphatic heterocycles. The van der Waals surface area contributed by atoms with E-state index in [4.69, 9.17) is 15.0 Å². The molecule has 1 aliphatic rings. The molecule has 0 N–H and O–H groups in total. The van der Waals surface area contributed by atoms with Crippen LogP contribution < -0.4 is 0 Å². The van der Waals surface area contributed by atoms with Gasteiger partial charge in [-0.2, -0.15) is 0 Å². The molecule has 2 aromatic heterocycles. The molecule has 10 aromatic rings. The van der Waals surface area contributed by atoms with Gasteiger partial charge in [0.25, 0.3) is 0 Å².